The van der Waals surface area contributed by atoms with Crippen molar-refractivity contribution in [2.75, 3.05) is 19.0 Å². The van der Waals surface area contributed by atoms with Crippen LogP contribution in [0, 0.1) is 5.92 Å². The third-order valence-corrected chi connectivity index (χ3v) is 3.71. The van der Waals surface area contributed by atoms with Crippen LogP contribution < -0.4 is 16.4 Å². The first-order valence-corrected chi connectivity index (χ1v) is 9.84. The van der Waals surface area contributed by atoms with E-state index in [9.17, 15) is 14.4 Å². The minimum atomic E-state index is -0.651. The maximum absolute atomic E-state index is 12.0. The molecule has 4 N–H and O–H groups in total. The van der Waals surface area contributed by atoms with Gasteiger partial charge in [0.2, 0.25) is 0 Å². The third kappa shape index (κ3) is 10.3. The molecule has 0 heterocycles. The molecule has 0 saturated heterocycles. The Morgan fingerprint density at radius 1 is 1.13 bits per heavy atom. The Labute approximate surface area is 182 Å². The molecule has 10 nitrogen and oxygen atoms in total. The van der Waals surface area contributed by atoms with Crippen LogP contribution in [0.2, 0.25) is 0 Å². The molecule has 1 aromatic rings. The van der Waals surface area contributed by atoms with Gasteiger partial charge in [-0.1, -0.05) is 19.0 Å². The average molecular weight is 437 g/mol. The van der Waals surface area contributed by atoms with Gasteiger partial charge in [-0.25, -0.2) is 9.59 Å². The van der Waals surface area contributed by atoms with E-state index in [1.807, 2.05) is 13.8 Å². The topological polar surface area (TPSA) is 141 Å². The summed E-state index contributed by atoms with van der Waals surface area (Å²) in [7, 11) is 1.29. The van der Waals surface area contributed by atoms with Crippen molar-refractivity contribution in [2.45, 2.75) is 52.7 Å². The van der Waals surface area contributed by atoms with Gasteiger partial charge in [0, 0.05) is 5.69 Å². The number of rotatable bonds is 9. The predicted octanol–water partition coefficient (Wildman–Crippen LogP) is 2.64. The van der Waals surface area contributed by atoms with E-state index in [1.165, 1.54) is 19.2 Å². The second-order valence-electron chi connectivity index (χ2n) is 8.24. The van der Waals surface area contributed by atoms with Gasteiger partial charge in [0.1, 0.15) is 5.60 Å². The zero-order chi connectivity index (χ0) is 23.6. The highest BCUT2D eigenvalue weighted by Gasteiger charge is 2.23. The Kier molecular flexibility index (Phi) is 9.78. The molecule has 0 aliphatic rings. The maximum Gasteiger partial charge on any atom is 0.408 e. The van der Waals surface area contributed by atoms with E-state index in [0.717, 1.165) is 0 Å². The molecule has 10 heteroatoms. The van der Waals surface area contributed by atoms with Crippen LogP contribution in [0.3, 0.4) is 0 Å². The molecule has 172 valence electrons. The number of alkyl carbamates (subject to hydrolysis) is 1. The number of oxime groups is 1. The highest BCUT2D eigenvalue weighted by molar-refractivity contribution is 5.93. The molecule has 1 aromatic carbocycles. The number of nitrogens with zero attached hydrogens (tertiary/aromatic N) is 1. The number of carbonyl (C=O) groups excluding carboxylic acids is 3. The van der Waals surface area contributed by atoms with Crippen LogP contribution in [-0.2, 0) is 19.1 Å². The quantitative estimate of drug-likeness (QED) is 0.234. The number of anilines is 1. The van der Waals surface area contributed by atoms with E-state index in [1.54, 1.807) is 32.9 Å². The summed E-state index contributed by atoms with van der Waals surface area (Å²) >= 11 is 0. The van der Waals surface area contributed by atoms with Gasteiger partial charge >= 0.3 is 12.1 Å². The summed E-state index contributed by atoms with van der Waals surface area (Å²) in [6.07, 6.45) is -0.110. The third-order valence-electron chi connectivity index (χ3n) is 3.71. The lowest BCUT2D eigenvalue weighted by atomic mass is 10.0. The van der Waals surface area contributed by atoms with E-state index >= 15 is 0 Å². The number of benzene rings is 1. The van der Waals surface area contributed by atoms with Gasteiger partial charge in [-0.3, -0.25) is 4.79 Å². The molecular formula is C21H32N4O6. The van der Waals surface area contributed by atoms with E-state index in [4.69, 9.17) is 15.3 Å². The van der Waals surface area contributed by atoms with Crippen LogP contribution in [0.25, 0.3) is 0 Å². The molecule has 0 fully saturated rings. The minimum Gasteiger partial charge on any atom is -0.465 e. The number of esters is 1. The van der Waals surface area contributed by atoms with E-state index in [0.29, 0.717) is 17.7 Å². The minimum absolute atomic E-state index is 0.0230. The Morgan fingerprint density at radius 2 is 1.74 bits per heavy atom. The summed E-state index contributed by atoms with van der Waals surface area (Å²) in [6, 6.07) is 5.56. The smallest absolute Gasteiger partial charge is 0.408 e. The molecule has 0 aromatic heterocycles. The summed E-state index contributed by atoms with van der Waals surface area (Å²) in [5.41, 5.74) is 6.14. The first kappa shape index (κ1) is 25.7. The summed E-state index contributed by atoms with van der Waals surface area (Å²) in [6.45, 7) is 8.82. The fourth-order valence-electron chi connectivity index (χ4n) is 2.41. The van der Waals surface area contributed by atoms with Crippen molar-refractivity contribution in [3.8, 4) is 0 Å². The average Bonchev–Trinajstić information content (AvgIpc) is 2.65. The number of amides is 2. The fraction of sp³-hybridized carbons (Fsp3) is 0.524. The first-order valence-electron chi connectivity index (χ1n) is 9.84. The van der Waals surface area contributed by atoms with Crippen LogP contribution in [0.1, 0.15) is 51.4 Å². The number of hydrogen-bond acceptors (Lipinski definition) is 7. The van der Waals surface area contributed by atoms with Crippen molar-refractivity contribution in [2.24, 2.45) is 16.8 Å². The summed E-state index contributed by atoms with van der Waals surface area (Å²) in [4.78, 5) is 40.5. The highest BCUT2D eigenvalue weighted by atomic mass is 16.6. The summed E-state index contributed by atoms with van der Waals surface area (Å²) in [5.74, 6) is -0.704. The molecule has 31 heavy (non-hydrogen) atoms. The van der Waals surface area contributed by atoms with Crippen LogP contribution in [0.5, 0.6) is 0 Å². The van der Waals surface area contributed by atoms with Gasteiger partial charge in [-0.2, -0.15) is 0 Å². The van der Waals surface area contributed by atoms with Crippen LogP contribution >= 0.6 is 0 Å². The van der Waals surface area contributed by atoms with Crippen molar-refractivity contribution in [1.82, 2.24) is 5.32 Å². The monoisotopic (exact) mass is 436 g/mol. The molecule has 0 saturated carbocycles. The van der Waals surface area contributed by atoms with Gasteiger partial charge in [0.15, 0.2) is 12.4 Å². The van der Waals surface area contributed by atoms with Gasteiger partial charge < -0.3 is 30.7 Å². The second kappa shape index (κ2) is 11.8. The normalized spacial score (nSPS) is 12.7. The number of carbonyl (C=O) groups is 3. The Balaban J connectivity index is 2.62. The zero-order valence-corrected chi connectivity index (χ0v) is 18.9. The Hall–Kier alpha value is -3.30. The van der Waals surface area contributed by atoms with E-state index in [2.05, 4.69) is 20.5 Å². The number of nitrogens with two attached hydrogens (primary N) is 1. The molecule has 2 amide bonds. The fourth-order valence-corrected chi connectivity index (χ4v) is 2.41. The summed E-state index contributed by atoms with van der Waals surface area (Å²) in [5, 5.41) is 9.03. The van der Waals surface area contributed by atoms with E-state index in [-0.39, 0.29) is 18.4 Å². The molecule has 0 bridgehead atoms. The molecular weight excluding hydrogens is 404 g/mol. The number of ether oxygens (including phenoxy) is 2. The molecule has 1 unspecified atom stereocenters. The SMILES string of the molecule is COC(=O)c1ccc(NC(=O)CO/N=C(/N)C(CC(C)C)NC(=O)OC(C)(C)C)cc1. The van der Waals surface area contributed by atoms with E-state index < -0.39 is 29.6 Å². The lowest BCUT2D eigenvalue weighted by Crippen LogP contribution is -2.47. The Morgan fingerprint density at radius 3 is 2.26 bits per heavy atom. The van der Waals surface area contributed by atoms with Crippen molar-refractivity contribution < 1.29 is 28.7 Å². The molecule has 0 aliphatic carbocycles. The highest BCUT2D eigenvalue weighted by Crippen LogP contribution is 2.11. The van der Waals surface area contributed by atoms with Gasteiger partial charge in [0.05, 0.1) is 18.7 Å². The lowest BCUT2D eigenvalue weighted by molar-refractivity contribution is -0.120. The molecule has 0 spiro atoms. The van der Waals surface area contributed by atoms with Crippen molar-refractivity contribution in [1.29, 1.82) is 0 Å². The van der Waals surface area contributed by atoms with Gasteiger partial charge in [0.25, 0.3) is 5.91 Å². The molecule has 1 rings (SSSR count). The number of amidine groups is 1. The number of hydrogen-bond donors (Lipinski definition) is 3. The summed E-state index contributed by atoms with van der Waals surface area (Å²) < 4.78 is 9.86. The van der Waals surface area contributed by atoms with Crippen molar-refractivity contribution in [3.63, 3.8) is 0 Å². The van der Waals surface area contributed by atoms with Gasteiger partial charge in [-0.05, 0) is 57.4 Å². The number of methoxy groups -OCH3 is 1. The van der Waals surface area contributed by atoms with Crippen molar-refractivity contribution >= 4 is 29.5 Å². The van der Waals surface area contributed by atoms with Crippen molar-refractivity contribution in [3.05, 3.63) is 29.8 Å². The predicted molar refractivity (Wildman–Crippen MR) is 117 cm³/mol. The number of nitrogens with one attached hydrogen (secondary N) is 2. The lowest BCUT2D eigenvalue weighted by Gasteiger charge is -2.24. The molecule has 0 aliphatic heterocycles. The maximum atomic E-state index is 12.0. The molecule has 1 atom stereocenters. The van der Waals surface area contributed by atoms with Gasteiger partial charge in [-0.15, -0.1) is 0 Å². The van der Waals surface area contributed by atoms with Crippen LogP contribution in [0.15, 0.2) is 29.4 Å². The second-order valence-corrected chi connectivity index (χ2v) is 8.24. The van der Waals surface area contributed by atoms with Crippen LogP contribution in [-0.4, -0.2) is 49.2 Å². The molecule has 0 radical (unpaired) electrons. The standard InChI is InChI=1S/C21H32N4O6/c1-13(2)11-16(24-20(28)31-21(3,4)5)18(22)25-30-12-17(26)23-15-9-7-14(8-10-15)19(27)29-6/h7-10,13,16H,11-12H2,1-6H3,(H2,22,25)(H,23,26)(H,24,28). The zero-order valence-electron chi connectivity index (χ0n) is 18.9. The Bertz CT molecular complexity index is 784. The largest absolute Gasteiger partial charge is 0.465 e. The first-order chi connectivity index (χ1) is 14.4. The van der Waals surface area contributed by atoms with Crippen LogP contribution in [0.4, 0.5) is 10.5 Å².